The zero-order valence-corrected chi connectivity index (χ0v) is 12.6. The SMILES string of the molecule is CCCNC(=O)C(SC(=O)C(C)C)C(C)(C)C. The lowest BCUT2D eigenvalue weighted by molar-refractivity contribution is -0.122. The van der Waals surface area contributed by atoms with E-state index >= 15 is 0 Å². The normalized spacial score (nSPS) is 13.6. The number of carbonyl (C=O) groups excluding carboxylic acids is 2. The van der Waals surface area contributed by atoms with Crippen molar-refractivity contribution in [3.05, 3.63) is 0 Å². The topological polar surface area (TPSA) is 46.2 Å². The Kier molecular flexibility index (Phi) is 6.83. The lowest BCUT2D eigenvalue weighted by atomic mass is 9.91. The van der Waals surface area contributed by atoms with E-state index in [0.29, 0.717) is 6.54 Å². The summed E-state index contributed by atoms with van der Waals surface area (Å²) in [5.41, 5.74) is -0.215. The summed E-state index contributed by atoms with van der Waals surface area (Å²) in [5.74, 6) is -0.0674. The van der Waals surface area contributed by atoms with Crippen molar-refractivity contribution in [3.63, 3.8) is 0 Å². The Labute approximate surface area is 109 Å². The first kappa shape index (κ1) is 16.5. The Hall–Kier alpha value is -0.510. The van der Waals surface area contributed by atoms with Gasteiger partial charge in [-0.3, -0.25) is 9.59 Å². The van der Waals surface area contributed by atoms with Crippen LogP contribution in [0.5, 0.6) is 0 Å². The molecule has 0 spiro atoms. The van der Waals surface area contributed by atoms with Crippen molar-refractivity contribution in [2.24, 2.45) is 11.3 Å². The van der Waals surface area contributed by atoms with Gasteiger partial charge < -0.3 is 5.32 Å². The second-order valence-electron chi connectivity index (χ2n) is 5.63. The number of carbonyl (C=O) groups is 2. The molecular formula is C13H25NO2S. The highest BCUT2D eigenvalue weighted by Crippen LogP contribution is 2.32. The van der Waals surface area contributed by atoms with Crippen molar-refractivity contribution < 1.29 is 9.59 Å². The highest BCUT2D eigenvalue weighted by atomic mass is 32.2. The Morgan fingerprint density at radius 3 is 2.12 bits per heavy atom. The minimum atomic E-state index is -0.316. The van der Waals surface area contributed by atoms with Gasteiger partial charge in [0.25, 0.3) is 0 Å². The van der Waals surface area contributed by atoms with E-state index in [2.05, 4.69) is 5.32 Å². The minimum Gasteiger partial charge on any atom is -0.355 e. The molecule has 0 rings (SSSR count). The molecule has 0 aromatic carbocycles. The van der Waals surface area contributed by atoms with Gasteiger partial charge in [0.15, 0.2) is 5.12 Å². The molecular weight excluding hydrogens is 234 g/mol. The van der Waals surface area contributed by atoms with Crippen LogP contribution in [-0.2, 0) is 9.59 Å². The standard InChI is InChI=1S/C13H25NO2S/c1-7-8-14-11(15)10(13(4,5)6)17-12(16)9(2)3/h9-10H,7-8H2,1-6H3,(H,14,15). The van der Waals surface area contributed by atoms with Gasteiger partial charge in [0.2, 0.25) is 5.91 Å². The van der Waals surface area contributed by atoms with Crippen molar-refractivity contribution in [1.82, 2.24) is 5.32 Å². The summed E-state index contributed by atoms with van der Waals surface area (Å²) in [6.07, 6.45) is 0.908. The van der Waals surface area contributed by atoms with Crippen LogP contribution in [0.15, 0.2) is 0 Å². The van der Waals surface area contributed by atoms with E-state index in [1.165, 1.54) is 11.8 Å². The molecule has 0 heterocycles. The molecule has 0 radical (unpaired) electrons. The molecule has 0 aromatic rings. The molecule has 3 nitrogen and oxygen atoms in total. The van der Waals surface area contributed by atoms with Gasteiger partial charge in [0.1, 0.15) is 0 Å². The third-order valence-corrected chi connectivity index (χ3v) is 4.14. The molecule has 0 saturated carbocycles. The first-order valence-electron chi connectivity index (χ1n) is 6.18. The summed E-state index contributed by atoms with van der Waals surface area (Å²) in [7, 11) is 0. The average Bonchev–Trinajstić information content (AvgIpc) is 2.20. The van der Waals surface area contributed by atoms with E-state index in [9.17, 15) is 9.59 Å². The summed E-state index contributed by atoms with van der Waals surface area (Å²) >= 11 is 1.17. The molecule has 0 aromatic heterocycles. The second-order valence-corrected chi connectivity index (χ2v) is 6.74. The Morgan fingerprint density at radius 2 is 1.76 bits per heavy atom. The number of hydrogen-bond acceptors (Lipinski definition) is 3. The van der Waals surface area contributed by atoms with E-state index in [4.69, 9.17) is 0 Å². The van der Waals surface area contributed by atoms with Gasteiger partial charge >= 0.3 is 0 Å². The molecule has 1 atom stereocenters. The fourth-order valence-corrected chi connectivity index (χ4v) is 2.27. The largest absolute Gasteiger partial charge is 0.355 e. The molecule has 1 amide bonds. The van der Waals surface area contributed by atoms with Crippen LogP contribution in [0.4, 0.5) is 0 Å². The maximum Gasteiger partial charge on any atom is 0.234 e. The van der Waals surface area contributed by atoms with E-state index in [1.807, 2.05) is 41.5 Å². The second kappa shape index (κ2) is 7.04. The third-order valence-electron chi connectivity index (χ3n) is 2.28. The molecule has 0 aliphatic rings. The van der Waals surface area contributed by atoms with E-state index < -0.39 is 0 Å². The monoisotopic (exact) mass is 259 g/mol. The van der Waals surface area contributed by atoms with Crippen LogP contribution in [0.1, 0.15) is 48.0 Å². The number of thioether (sulfide) groups is 1. The summed E-state index contributed by atoms with van der Waals surface area (Å²) in [5, 5.41) is 2.64. The van der Waals surface area contributed by atoms with Gasteiger partial charge in [-0.1, -0.05) is 53.3 Å². The van der Waals surface area contributed by atoms with Crippen molar-refractivity contribution in [2.45, 2.75) is 53.2 Å². The minimum absolute atomic E-state index is 0.0293. The molecule has 0 fully saturated rings. The molecule has 1 unspecified atom stereocenters. The number of amides is 1. The van der Waals surface area contributed by atoms with Crippen LogP contribution in [0.2, 0.25) is 0 Å². The highest BCUT2D eigenvalue weighted by molar-refractivity contribution is 8.14. The first-order valence-corrected chi connectivity index (χ1v) is 7.06. The van der Waals surface area contributed by atoms with Crippen LogP contribution in [0.3, 0.4) is 0 Å². The molecule has 17 heavy (non-hydrogen) atoms. The molecule has 4 heteroatoms. The number of rotatable bonds is 5. The van der Waals surface area contributed by atoms with Crippen molar-refractivity contribution in [2.75, 3.05) is 6.54 Å². The number of nitrogens with one attached hydrogen (secondary N) is 1. The molecule has 0 aliphatic carbocycles. The molecule has 0 bridgehead atoms. The Morgan fingerprint density at radius 1 is 1.24 bits per heavy atom. The summed E-state index contributed by atoms with van der Waals surface area (Å²) < 4.78 is 0. The van der Waals surface area contributed by atoms with E-state index in [-0.39, 0.29) is 27.6 Å². The van der Waals surface area contributed by atoms with Crippen molar-refractivity contribution in [1.29, 1.82) is 0 Å². The van der Waals surface area contributed by atoms with Crippen LogP contribution in [0, 0.1) is 11.3 Å². The van der Waals surface area contributed by atoms with E-state index in [1.54, 1.807) is 0 Å². The van der Waals surface area contributed by atoms with Crippen molar-refractivity contribution in [3.8, 4) is 0 Å². The van der Waals surface area contributed by atoms with Crippen LogP contribution < -0.4 is 5.32 Å². The van der Waals surface area contributed by atoms with Gasteiger partial charge in [0, 0.05) is 12.5 Å². The predicted octanol–water partition coefficient (Wildman–Crippen LogP) is 2.84. The van der Waals surface area contributed by atoms with Gasteiger partial charge in [0.05, 0.1) is 5.25 Å². The Bertz CT molecular complexity index is 269. The lowest BCUT2D eigenvalue weighted by Crippen LogP contribution is -2.41. The van der Waals surface area contributed by atoms with Gasteiger partial charge in [-0.25, -0.2) is 0 Å². The third kappa shape index (κ3) is 6.10. The molecule has 0 aliphatic heterocycles. The predicted molar refractivity (Wildman–Crippen MR) is 74.0 cm³/mol. The van der Waals surface area contributed by atoms with Crippen LogP contribution in [-0.4, -0.2) is 22.8 Å². The highest BCUT2D eigenvalue weighted by Gasteiger charge is 2.34. The van der Waals surface area contributed by atoms with Crippen molar-refractivity contribution >= 4 is 22.8 Å². The first-order chi connectivity index (χ1) is 7.70. The smallest absolute Gasteiger partial charge is 0.234 e. The summed E-state index contributed by atoms with van der Waals surface area (Å²) in [6.45, 7) is 12.4. The van der Waals surface area contributed by atoms with Gasteiger partial charge in [-0.15, -0.1) is 0 Å². The molecule has 1 N–H and O–H groups in total. The fraction of sp³-hybridized carbons (Fsp3) is 0.846. The molecule has 100 valence electrons. The lowest BCUT2D eigenvalue weighted by Gasteiger charge is -2.28. The van der Waals surface area contributed by atoms with Crippen LogP contribution >= 0.6 is 11.8 Å². The fourth-order valence-electron chi connectivity index (χ4n) is 1.22. The van der Waals surface area contributed by atoms with Gasteiger partial charge in [-0.05, 0) is 11.8 Å². The van der Waals surface area contributed by atoms with Crippen LogP contribution in [0.25, 0.3) is 0 Å². The molecule has 0 saturated heterocycles. The average molecular weight is 259 g/mol. The zero-order valence-electron chi connectivity index (χ0n) is 11.8. The number of hydrogen-bond donors (Lipinski definition) is 1. The quantitative estimate of drug-likeness (QED) is 0.826. The zero-order chi connectivity index (χ0) is 13.6. The maximum atomic E-state index is 12.0. The Balaban J connectivity index is 4.66. The van der Waals surface area contributed by atoms with Gasteiger partial charge in [-0.2, -0.15) is 0 Å². The van der Waals surface area contributed by atoms with E-state index in [0.717, 1.165) is 6.42 Å². The summed E-state index contributed by atoms with van der Waals surface area (Å²) in [4.78, 5) is 23.8. The summed E-state index contributed by atoms with van der Waals surface area (Å²) in [6, 6.07) is 0. The maximum absolute atomic E-state index is 12.0.